The van der Waals surface area contributed by atoms with Gasteiger partial charge in [-0.3, -0.25) is 9.69 Å². The summed E-state index contributed by atoms with van der Waals surface area (Å²) in [5.41, 5.74) is 0.100. The average molecular weight is 317 g/mol. The van der Waals surface area contributed by atoms with E-state index in [0.717, 1.165) is 38.8 Å². The number of amides is 1. The van der Waals surface area contributed by atoms with Gasteiger partial charge in [-0.05, 0) is 59.5 Å². The highest BCUT2D eigenvalue weighted by molar-refractivity contribution is 7.87. The van der Waals surface area contributed by atoms with E-state index in [2.05, 4.69) is 30.4 Å². The Morgan fingerprint density at radius 2 is 1.57 bits per heavy atom. The Morgan fingerprint density at radius 1 is 1.05 bits per heavy atom. The fourth-order valence-corrected chi connectivity index (χ4v) is 4.30. The molecule has 0 saturated carbocycles. The lowest BCUT2D eigenvalue weighted by atomic mass is 9.93. The van der Waals surface area contributed by atoms with Crippen molar-refractivity contribution in [2.45, 2.75) is 52.0 Å². The number of nitrogens with zero attached hydrogens (tertiary/aromatic N) is 2. The van der Waals surface area contributed by atoms with Crippen molar-refractivity contribution in [1.29, 1.82) is 0 Å². The fraction of sp³-hybridized carbons (Fsp3) is 0.929. The summed E-state index contributed by atoms with van der Waals surface area (Å²) >= 11 is 0. The number of carbonyl (C=O) groups excluding carboxylic acids is 1. The molecule has 2 saturated heterocycles. The monoisotopic (exact) mass is 317 g/mol. The lowest BCUT2D eigenvalue weighted by Gasteiger charge is -2.40. The normalized spacial score (nSPS) is 23.4. The minimum Gasteiger partial charge on any atom is -0.298 e. The van der Waals surface area contributed by atoms with Gasteiger partial charge in [0.05, 0.1) is 0 Å². The SMILES string of the molecule is CC(C)(C)N1CCC(C(=O)NS(=O)(=O)N2CCCC2)CC1. The number of hydrogen-bond donors (Lipinski definition) is 1. The van der Waals surface area contributed by atoms with Crippen molar-refractivity contribution in [3.8, 4) is 0 Å². The summed E-state index contributed by atoms with van der Waals surface area (Å²) < 4.78 is 27.8. The number of likely N-dealkylation sites (tertiary alicyclic amines) is 1. The van der Waals surface area contributed by atoms with Gasteiger partial charge < -0.3 is 0 Å². The largest absolute Gasteiger partial charge is 0.303 e. The van der Waals surface area contributed by atoms with Crippen LogP contribution in [0.1, 0.15) is 46.5 Å². The molecule has 2 rings (SSSR count). The fourth-order valence-electron chi connectivity index (χ4n) is 3.02. The maximum Gasteiger partial charge on any atom is 0.303 e. The van der Waals surface area contributed by atoms with Gasteiger partial charge in [0, 0.05) is 24.5 Å². The highest BCUT2D eigenvalue weighted by Crippen LogP contribution is 2.24. The molecule has 1 amide bonds. The molecule has 7 heteroatoms. The van der Waals surface area contributed by atoms with Gasteiger partial charge in [0.2, 0.25) is 5.91 Å². The van der Waals surface area contributed by atoms with E-state index < -0.39 is 10.2 Å². The first-order valence-corrected chi connectivity index (χ1v) is 9.21. The van der Waals surface area contributed by atoms with Crippen LogP contribution in [-0.4, -0.2) is 55.2 Å². The third kappa shape index (κ3) is 4.17. The molecule has 21 heavy (non-hydrogen) atoms. The molecule has 0 atom stereocenters. The van der Waals surface area contributed by atoms with Crippen LogP contribution in [0.5, 0.6) is 0 Å². The van der Waals surface area contributed by atoms with E-state index in [1.807, 2.05) is 0 Å². The molecule has 2 aliphatic heterocycles. The second-order valence-electron chi connectivity index (χ2n) is 7.01. The Morgan fingerprint density at radius 3 is 2.05 bits per heavy atom. The molecule has 0 aromatic heterocycles. The lowest BCUT2D eigenvalue weighted by molar-refractivity contribution is -0.125. The topological polar surface area (TPSA) is 69.7 Å². The number of hydrogen-bond acceptors (Lipinski definition) is 4. The van der Waals surface area contributed by atoms with Crippen LogP contribution in [0.25, 0.3) is 0 Å². The minimum atomic E-state index is -3.63. The zero-order valence-electron chi connectivity index (χ0n) is 13.3. The third-order valence-electron chi connectivity index (χ3n) is 4.45. The van der Waals surface area contributed by atoms with Crippen LogP contribution >= 0.6 is 0 Å². The van der Waals surface area contributed by atoms with Crippen molar-refractivity contribution in [3.63, 3.8) is 0 Å². The first kappa shape index (κ1) is 16.7. The van der Waals surface area contributed by atoms with E-state index in [1.165, 1.54) is 4.31 Å². The van der Waals surface area contributed by atoms with Gasteiger partial charge in [-0.2, -0.15) is 12.7 Å². The standard InChI is InChI=1S/C14H27N3O3S/c1-14(2,3)16-10-6-12(7-11-16)13(18)15-21(19,20)17-8-4-5-9-17/h12H,4-11H2,1-3H3,(H,15,18). The predicted octanol–water partition coefficient (Wildman–Crippen LogP) is 0.954. The number of nitrogens with one attached hydrogen (secondary N) is 1. The molecule has 6 nitrogen and oxygen atoms in total. The third-order valence-corrected chi connectivity index (χ3v) is 5.95. The van der Waals surface area contributed by atoms with Gasteiger partial charge in [-0.25, -0.2) is 4.72 Å². The summed E-state index contributed by atoms with van der Waals surface area (Å²) in [5.74, 6) is -0.531. The van der Waals surface area contributed by atoms with Crippen molar-refractivity contribution >= 4 is 16.1 Å². The van der Waals surface area contributed by atoms with E-state index in [1.54, 1.807) is 0 Å². The summed E-state index contributed by atoms with van der Waals surface area (Å²) in [7, 11) is -3.63. The first-order valence-electron chi connectivity index (χ1n) is 7.77. The Labute approximate surface area is 128 Å². The van der Waals surface area contributed by atoms with Gasteiger partial charge in [0.1, 0.15) is 0 Å². The molecule has 0 unspecified atom stereocenters. The molecular weight excluding hydrogens is 290 g/mol. The second-order valence-corrected chi connectivity index (χ2v) is 8.68. The van der Waals surface area contributed by atoms with E-state index in [-0.39, 0.29) is 17.4 Å². The molecule has 2 fully saturated rings. The van der Waals surface area contributed by atoms with Crippen LogP contribution in [-0.2, 0) is 15.0 Å². The summed E-state index contributed by atoms with van der Waals surface area (Å²) in [6, 6.07) is 0. The Bertz CT molecular complexity index is 470. The second kappa shape index (κ2) is 6.22. The predicted molar refractivity (Wildman–Crippen MR) is 81.9 cm³/mol. The van der Waals surface area contributed by atoms with Crippen LogP contribution in [0.3, 0.4) is 0 Å². The summed E-state index contributed by atoms with van der Waals surface area (Å²) in [4.78, 5) is 14.5. The number of rotatable bonds is 3. The van der Waals surface area contributed by atoms with Gasteiger partial charge in [-0.1, -0.05) is 0 Å². The highest BCUT2D eigenvalue weighted by Gasteiger charge is 2.33. The Hall–Kier alpha value is -0.660. The number of piperidine rings is 1. The highest BCUT2D eigenvalue weighted by atomic mass is 32.2. The molecular formula is C14H27N3O3S. The van der Waals surface area contributed by atoms with Crippen molar-refractivity contribution in [1.82, 2.24) is 13.9 Å². The van der Waals surface area contributed by atoms with E-state index in [4.69, 9.17) is 0 Å². The molecule has 0 bridgehead atoms. The number of carbonyl (C=O) groups is 1. The van der Waals surface area contributed by atoms with Crippen molar-refractivity contribution in [2.75, 3.05) is 26.2 Å². The van der Waals surface area contributed by atoms with E-state index in [0.29, 0.717) is 13.1 Å². The average Bonchev–Trinajstić information content (AvgIpc) is 2.92. The molecule has 0 radical (unpaired) electrons. The molecule has 122 valence electrons. The minimum absolute atomic E-state index is 0.100. The van der Waals surface area contributed by atoms with Gasteiger partial charge in [0.25, 0.3) is 0 Å². The van der Waals surface area contributed by atoms with E-state index in [9.17, 15) is 13.2 Å². The van der Waals surface area contributed by atoms with Gasteiger partial charge in [-0.15, -0.1) is 0 Å². The van der Waals surface area contributed by atoms with Crippen molar-refractivity contribution in [3.05, 3.63) is 0 Å². The molecule has 1 N–H and O–H groups in total. The van der Waals surface area contributed by atoms with Crippen LogP contribution in [0.2, 0.25) is 0 Å². The van der Waals surface area contributed by atoms with Crippen LogP contribution in [0, 0.1) is 5.92 Å². The lowest BCUT2D eigenvalue weighted by Crippen LogP contribution is -2.50. The summed E-state index contributed by atoms with van der Waals surface area (Å²) in [6.45, 7) is 9.19. The molecule has 0 aromatic rings. The van der Waals surface area contributed by atoms with E-state index >= 15 is 0 Å². The molecule has 0 spiro atoms. The van der Waals surface area contributed by atoms with Gasteiger partial charge in [0.15, 0.2) is 0 Å². The van der Waals surface area contributed by atoms with Crippen molar-refractivity contribution < 1.29 is 13.2 Å². The summed E-state index contributed by atoms with van der Waals surface area (Å²) in [6.07, 6.45) is 3.19. The zero-order chi connectivity index (χ0) is 15.7. The Kier molecular flexibility index (Phi) is 4.95. The molecule has 2 aliphatic rings. The molecule has 0 aliphatic carbocycles. The van der Waals surface area contributed by atoms with Crippen LogP contribution in [0.4, 0.5) is 0 Å². The molecule has 0 aromatic carbocycles. The first-order chi connectivity index (χ1) is 9.70. The maximum absolute atomic E-state index is 12.2. The zero-order valence-corrected chi connectivity index (χ0v) is 14.1. The summed E-state index contributed by atoms with van der Waals surface area (Å²) in [5, 5.41) is 0. The van der Waals surface area contributed by atoms with Crippen LogP contribution < -0.4 is 4.72 Å². The molecule has 2 heterocycles. The smallest absolute Gasteiger partial charge is 0.298 e. The van der Waals surface area contributed by atoms with Crippen molar-refractivity contribution in [2.24, 2.45) is 5.92 Å². The maximum atomic E-state index is 12.2. The quantitative estimate of drug-likeness (QED) is 0.841. The van der Waals surface area contributed by atoms with Crippen LogP contribution in [0.15, 0.2) is 0 Å². The van der Waals surface area contributed by atoms with Gasteiger partial charge >= 0.3 is 10.2 Å². The Balaban J connectivity index is 1.88.